The zero-order valence-corrected chi connectivity index (χ0v) is 3.65. The van der Waals surface area contributed by atoms with Crippen molar-refractivity contribution in [1.29, 1.82) is 0 Å². The molecule has 0 saturated carbocycles. The van der Waals surface area contributed by atoms with Gasteiger partial charge in [-0.3, -0.25) is 0 Å². The molecule has 1 N–H and O–H groups in total. The molecule has 2 nitrogen and oxygen atoms in total. The Labute approximate surface area is 36.6 Å². The Morgan fingerprint density at radius 1 is 2.00 bits per heavy atom. The molecular formula is C4H6N2. The first-order chi connectivity index (χ1) is 2.89. The number of nitrogens with one attached hydrogen (secondary N) is 1. The molecule has 0 saturated heterocycles. The molecule has 0 spiro atoms. The molecule has 1 aliphatic heterocycles. The Hall–Kier alpha value is -0.750. The first-order valence-electron chi connectivity index (χ1n) is 1.89. The third-order valence-corrected chi connectivity index (χ3v) is 0.670. The smallest absolute Gasteiger partial charge is 0.117 e. The van der Waals surface area contributed by atoms with E-state index in [1.54, 1.807) is 0 Å². The second-order valence-corrected chi connectivity index (χ2v) is 1.23. The molecule has 2 heteroatoms. The van der Waals surface area contributed by atoms with Gasteiger partial charge in [-0.1, -0.05) is 0 Å². The van der Waals surface area contributed by atoms with Crippen molar-refractivity contribution in [2.45, 2.75) is 6.92 Å². The molecule has 0 aromatic carbocycles. The van der Waals surface area contributed by atoms with Crippen LogP contribution in [-0.2, 0) is 0 Å². The number of allylic oxidation sites excluding steroid dienone is 1. The van der Waals surface area contributed by atoms with Crippen LogP contribution in [0.2, 0.25) is 0 Å². The van der Waals surface area contributed by atoms with E-state index in [0.717, 1.165) is 5.70 Å². The second-order valence-electron chi connectivity index (χ2n) is 1.23. The molecule has 0 fully saturated rings. The summed E-state index contributed by atoms with van der Waals surface area (Å²) in [6, 6.07) is 0. The highest BCUT2D eigenvalue weighted by Gasteiger charge is 1.86. The molecule has 0 aromatic rings. The summed E-state index contributed by atoms with van der Waals surface area (Å²) in [6.07, 6.45) is 0. The van der Waals surface area contributed by atoms with Crippen molar-refractivity contribution in [2.75, 3.05) is 6.67 Å². The summed E-state index contributed by atoms with van der Waals surface area (Å²) < 4.78 is 0. The minimum Gasteiger partial charge on any atom is -0.362 e. The molecule has 1 heterocycles. The summed E-state index contributed by atoms with van der Waals surface area (Å²) in [6.45, 7) is 2.66. The fourth-order valence-corrected chi connectivity index (χ4v) is 0.356. The SMILES string of the molecule is CC1=C=NCN1. The molecule has 0 unspecified atom stereocenters. The van der Waals surface area contributed by atoms with Crippen molar-refractivity contribution < 1.29 is 0 Å². The van der Waals surface area contributed by atoms with Crippen LogP contribution < -0.4 is 5.32 Å². The fraction of sp³-hybridized carbons (Fsp3) is 0.500. The molecule has 0 atom stereocenters. The molecule has 0 bridgehead atoms. The number of hydrogen-bond donors (Lipinski definition) is 1. The Morgan fingerprint density at radius 3 is 3.00 bits per heavy atom. The maximum absolute atomic E-state index is 3.77. The minimum absolute atomic E-state index is 0.714. The number of aliphatic imine (C=N–C) groups is 1. The fourth-order valence-electron chi connectivity index (χ4n) is 0.356. The Bertz CT molecular complexity index is 109. The number of nitrogens with zero attached hydrogens (tertiary/aromatic N) is 1. The average molecular weight is 82.1 g/mol. The van der Waals surface area contributed by atoms with Crippen molar-refractivity contribution in [3.63, 3.8) is 0 Å². The highest BCUT2D eigenvalue weighted by Crippen LogP contribution is 1.81. The van der Waals surface area contributed by atoms with Gasteiger partial charge in [-0.15, -0.1) is 0 Å². The quantitative estimate of drug-likeness (QED) is 0.441. The maximum Gasteiger partial charge on any atom is 0.117 e. The van der Waals surface area contributed by atoms with Gasteiger partial charge in [0.1, 0.15) is 6.67 Å². The topological polar surface area (TPSA) is 24.4 Å². The van der Waals surface area contributed by atoms with Gasteiger partial charge in [0.05, 0.1) is 5.70 Å². The Balaban J connectivity index is 2.71. The maximum atomic E-state index is 3.77. The number of rotatable bonds is 0. The predicted molar refractivity (Wildman–Crippen MR) is 24.6 cm³/mol. The second kappa shape index (κ2) is 1.15. The summed E-state index contributed by atoms with van der Waals surface area (Å²) in [5.41, 5.74) is 1.04. The molecule has 1 aliphatic rings. The lowest BCUT2D eigenvalue weighted by Gasteiger charge is -1.85. The predicted octanol–water partition coefficient (Wildman–Crippen LogP) is 0.121. The number of hydrogen-bond acceptors (Lipinski definition) is 2. The minimum atomic E-state index is 0.714. The van der Waals surface area contributed by atoms with Crippen LogP contribution in [0.15, 0.2) is 10.7 Å². The van der Waals surface area contributed by atoms with Crippen molar-refractivity contribution in [3.05, 3.63) is 5.70 Å². The molecule has 1 rings (SSSR count). The van der Waals surface area contributed by atoms with E-state index < -0.39 is 0 Å². The van der Waals surface area contributed by atoms with Crippen LogP contribution >= 0.6 is 0 Å². The zero-order chi connectivity index (χ0) is 4.41. The molecule has 6 heavy (non-hydrogen) atoms. The van der Waals surface area contributed by atoms with E-state index in [4.69, 9.17) is 0 Å². The average Bonchev–Trinajstić information content (AvgIpc) is 1.86. The summed E-state index contributed by atoms with van der Waals surface area (Å²) in [7, 11) is 0. The van der Waals surface area contributed by atoms with Crippen LogP contribution in [0.5, 0.6) is 0 Å². The van der Waals surface area contributed by atoms with Crippen LogP contribution in [0.3, 0.4) is 0 Å². The molecule has 0 amide bonds. The lowest BCUT2D eigenvalue weighted by Crippen LogP contribution is -2.04. The van der Waals surface area contributed by atoms with Gasteiger partial charge in [0, 0.05) is 5.87 Å². The van der Waals surface area contributed by atoms with E-state index in [1.807, 2.05) is 6.92 Å². The van der Waals surface area contributed by atoms with Crippen LogP contribution in [0.4, 0.5) is 0 Å². The van der Waals surface area contributed by atoms with Gasteiger partial charge in [-0.2, -0.15) is 0 Å². The van der Waals surface area contributed by atoms with Gasteiger partial charge in [-0.25, -0.2) is 4.99 Å². The van der Waals surface area contributed by atoms with Crippen molar-refractivity contribution in [2.24, 2.45) is 4.99 Å². The van der Waals surface area contributed by atoms with Crippen LogP contribution in [0.1, 0.15) is 6.92 Å². The molecule has 0 aromatic heterocycles. The Morgan fingerprint density at radius 2 is 2.83 bits per heavy atom. The van der Waals surface area contributed by atoms with Gasteiger partial charge >= 0.3 is 0 Å². The largest absolute Gasteiger partial charge is 0.362 e. The molecular weight excluding hydrogens is 76.1 g/mol. The molecule has 0 radical (unpaired) electrons. The molecule has 0 aliphatic carbocycles. The monoisotopic (exact) mass is 82.1 g/mol. The lowest BCUT2D eigenvalue weighted by molar-refractivity contribution is 0.873. The summed E-state index contributed by atoms with van der Waals surface area (Å²) in [5, 5.41) is 2.96. The first kappa shape index (κ1) is 3.44. The lowest BCUT2D eigenvalue weighted by atomic mass is 10.6. The highest BCUT2D eigenvalue weighted by molar-refractivity contribution is 5.58. The zero-order valence-electron chi connectivity index (χ0n) is 3.65. The summed E-state index contributed by atoms with van der Waals surface area (Å²) >= 11 is 0. The Kier molecular flexibility index (Phi) is 0.659. The van der Waals surface area contributed by atoms with Gasteiger partial charge in [0.15, 0.2) is 0 Å². The third kappa shape index (κ3) is 0.421. The van der Waals surface area contributed by atoms with E-state index >= 15 is 0 Å². The third-order valence-electron chi connectivity index (χ3n) is 0.670. The van der Waals surface area contributed by atoms with E-state index in [-0.39, 0.29) is 0 Å². The van der Waals surface area contributed by atoms with E-state index in [9.17, 15) is 0 Å². The highest BCUT2D eigenvalue weighted by atomic mass is 15.0. The van der Waals surface area contributed by atoms with Gasteiger partial charge in [0.25, 0.3) is 0 Å². The van der Waals surface area contributed by atoms with Crippen molar-refractivity contribution in [1.82, 2.24) is 5.32 Å². The summed E-state index contributed by atoms with van der Waals surface area (Å²) in [5.74, 6) is 2.75. The van der Waals surface area contributed by atoms with Crippen LogP contribution in [-0.4, -0.2) is 12.5 Å². The molecule has 32 valence electrons. The van der Waals surface area contributed by atoms with E-state index in [1.165, 1.54) is 0 Å². The van der Waals surface area contributed by atoms with E-state index in [0.29, 0.717) is 6.67 Å². The van der Waals surface area contributed by atoms with E-state index in [2.05, 4.69) is 16.2 Å². The standard InChI is InChI=1S/C4H6N2/c1-4-2-5-3-6-4/h6H,3H2,1H3. The first-order valence-corrected chi connectivity index (χ1v) is 1.89. The van der Waals surface area contributed by atoms with Gasteiger partial charge in [-0.05, 0) is 6.92 Å². The van der Waals surface area contributed by atoms with Crippen molar-refractivity contribution >= 4 is 5.87 Å². The van der Waals surface area contributed by atoms with Crippen LogP contribution in [0.25, 0.3) is 0 Å². The normalized spacial score (nSPS) is 17.2. The summed E-state index contributed by atoms with van der Waals surface area (Å²) in [4.78, 5) is 3.77. The van der Waals surface area contributed by atoms with Crippen LogP contribution in [0, 0.1) is 0 Å². The van der Waals surface area contributed by atoms with Gasteiger partial charge < -0.3 is 5.32 Å². The van der Waals surface area contributed by atoms with Crippen molar-refractivity contribution in [3.8, 4) is 0 Å². The van der Waals surface area contributed by atoms with Gasteiger partial charge in [0.2, 0.25) is 0 Å².